The average Bonchev–Trinajstić information content (AvgIpc) is 2.75. The number of amides is 1. The summed E-state index contributed by atoms with van der Waals surface area (Å²) in [4.78, 5) is 15.5. The second-order valence-corrected chi connectivity index (χ2v) is 3.70. The van der Waals surface area contributed by atoms with Crippen LogP contribution in [0.3, 0.4) is 0 Å². The van der Waals surface area contributed by atoms with Crippen LogP contribution in [0.15, 0.2) is 31.9 Å². The number of aryl methyl sites for hydroxylation is 1. The molecule has 2 rings (SSSR count). The highest BCUT2D eigenvalue weighted by atomic mass is 79.9. The molecule has 0 aliphatic rings. The van der Waals surface area contributed by atoms with E-state index in [-0.39, 0.29) is 11.8 Å². The molecule has 5 nitrogen and oxygen atoms in total. The van der Waals surface area contributed by atoms with Gasteiger partial charge in [0.1, 0.15) is 6.26 Å². The van der Waals surface area contributed by atoms with Crippen molar-refractivity contribution in [2.24, 2.45) is 0 Å². The van der Waals surface area contributed by atoms with E-state index in [1.807, 2.05) is 0 Å². The smallest absolute Gasteiger partial charge is 0.301 e. The van der Waals surface area contributed by atoms with Gasteiger partial charge in [0.15, 0.2) is 0 Å². The fourth-order valence-corrected chi connectivity index (χ4v) is 1.40. The molecule has 6 heteroatoms. The molecule has 2 aromatic heterocycles. The minimum Gasteiger partial charge on any atom is -0.458 e. The van der Waals surface area contributed by atoms with Crippen molar-refractivity contribution in [3.63, 3.8) is 0 Å². The summed E-state index contributed by atoms with van der Waals surface area (Å²) in [5.74, 6) is -0.223. The lowest BCUT2D eigenvalue weighted by atomic mass is 10.4. The standard InChI is InChI=1S/C9H7BrN2O3/c1-5-4-15-9(11-5)12-8(13)7-6(10)2-3-14-7/h2-4H,1H3,(H,11,12,13). The van der Waals surface area contributed by atoms with Gasteiger partial charge in [0.2, 0.25) is 5.76 Å². The van der Waals surface area contributed by atoms with Gasteiger partial charge in [0.25, 0.3) is 5.91 Å². The first kappa shape index (κ1) is 9.97. The predicted octanol–water partition coefficient (Wildman–Crippen LogP) is 2.59. The van der Waals surface area contributed by atoms with Crippen molar-refractivity contribution in [1.29, 1.82) is 0 Å². The highest BCUT2D eigenvalue weighted by molar-refractivity contribution is 9.10. The molecular formula is C9H7BrN2O3. The number of halogens is 1. The van der Waals surface area contributed by atoms with Gasteiger partial charge in [0.05, 0.1) is 16.4 Å². The first-order valence-corrected chi connectivity index (χ1v) is 4.92. The van der Waals surface area contributed by atoms with E-state index in [1.54, 1.807) is 13.0 Å². The van der Waals surface area contributed by atoms with Crippen LogP contribution in [0.4, 0.5) is 6.01 Å². The molecule has 0 spiro atoms. The SMILES string of the molecule is Cc1coc(NC(=O)c2occc2Br)n1. The van der Waals surface area contributed by atoms with E-state index < -0.39 is 5.91 Å². The fraction of sp³-hybridized carbons (Fsp3) is 0.111. The molecule has 0 unspecified atom stereocenters. The molecule has 0 fully saturated rings. The van der Waals surface area contributed by atoms with Crippen molar-refractivity contribution >= 4 is 27.9 Å². The van der Waals surface area contributed by atoms with Crippen LogP contribution in [-0.2, 0) is 0 Å². The van der Waals surface area contributed by atoms with Crippen LogP contribution in [0, 0.1) is 6.92 Å². The van der Waals surface area contributed by atoms with Crippen LogP contribution in [0.2, 0.25) is 0 Å². The number of hydrogen-bond donors (Lipinski definition) is 1. The van der Waals surface area contributed by atoms with Crippen LogP contribution in [-0.4, -0.2) is 10.9 Å². The van der Waals surface area contributed by atoms with Gasteiger partial charge in [-0.25, -0.2) is 0 Å². The number of rotatable bonds is 2. The Kier molecular flexibility index (Phi) is 2.59. The fourth-order valence-electron chi connectivity index (χ4n) is 1.02. The molecular weight excluding hydrogens is 264 g/mol. The largest absolute Gasteiger partial charge is 0.458 e. The van der Waals surface area contributed by atoms with Gasteiger partial charge in [-0.2, -0.15) is 4.98 Å². The number of nitrogens with zero attached hydrogens (tertiary/aromatic N) is 1. The molecule has 0 saturated heterocycles. The minimum absolute atomic E-state index is 0.154. The Labute approximate surface area is 93.6 Å². The van der Waals surface area contributed by atoms with Crippen molar-refractivity contribution in [3.8, 4) is 0 Å². The van der Waals surface area contributed by atoms with Gasteiger partial charge < -0.3 is 8.83 Å². The quantitative estimate of drug-likeness (QED) is 0.911. The molecule has 0 radical (unpaired) electrons. The molecule has 0 aliphatic heterocycles. The van der Waals surface area contributed by atoms with E-state index in [4.69, 9.17) is 8.83 Å². The van der Waals surface area contributed by atoms with Crippen LogP contribution in [0.1, 0.15) is 16.2 Å². The molecule has 78 valence electrons. The van der Waals surface area contributed by atoms with Crippen molar-refractivity contribution in [2.45, 2.75) is 6.92 Å². The number of anilines is 1. The zero-order valence-electron chi connectivity index (χ0n) is 7.78. The monoisotopic (exact) mass is 270 g/mol. The minimum atomic E-state index is -0.409. The molecule has 0 aliphatic carbocycles. The maximum Gasteiger partial charge on any atom is 0.301 e. The second-order valence-electron chi connectivity index (χ2n) is 2.85. The Morgan fingerprint density at radius 3 is 2.87 bits per heavy atom. The van der Waals surface area contributed by atoms with Gasteiger partial charge in [-0.05, 0) is 28.9 Å². The highest BCUT2D eigenvalue weighted by Crippen LogP contribution is 2.18. The maximum atomic E-state index is 11.6. The number of aromatic nitrogens is 1. The summed E-state index contributed by atoms with van der Waals surface area (Å²) >= 11 is 3.18. The van der Waals surface area contributed by atoms with Gasteiger partial charge in [-0.15, -0.1) is 0 Å². The van der Waals surface area contributed by atoms with E-state index in [0.717, 1.165) is 0 Å². The first-order valence-electron chi connectivity index (χ1n) is 4.13. The zero-order chi connectivity index (χ0) is 10.8. The maximum absolute atomic E-state index is 11.6. The molecule has 0 bridgehead atoms. The number of carbonyl (C=O) groups excluding carboxylic acids is 1. The van der Waals surface area contributed by atoms with Crippen LogP contribution < -0.4 is 5.32 Å². The number of nitrogens with one attached hydrogen (secondary N) is 1. The topological polar surface area (TPSA) is 68.3 Å². The lowest BCUT2D eigenvalue weighted by Gasteiger charge is -1.96. The second kappa shape index (κ2) is 3.90. The molecule has 0 saturated carbocycles. The van der Waals surface area contributed by atoms with E-state index in [9.17, 15) is 4.79 Å². The summed E-state index contributed by atoms with van der Waals surface area (Å²) in [6.45, 7) is 1.77. The lowest BCUT2D eigenvalue weighted by Crippen LogP contribution is -2.11. The summed E-state index contributed by atoms with van der Waals surface area (Å²) in [5, 5.41) is 2.47. The van der Waals surface area contributed by atoms with Crippen molar-refractivity contribution in [3.05, 3.63) is 34.5 Å². The van der Waals surface area contributed by atoms with E-state index in [2.05, 4.69) is 26.2 Å². The van der Waals surface area contributed by atoms with Crippen molar-refractivity contribution in [2.75, 3.05) is 5.32 Å². The van der Waals surface area contributed by atoms with Gasteiger partial charge in [-0.1, -0.05) is 0 Å². The molecule has 1 N–H and O–H groups in total. The normalized spacial score (nSPS) is 10.3. The summed E-state index contributed by atoms with van der Waals surface area (Å²) < 4.78 is 10.5. The van der Waals surface area contributed by atoms with Crippen LogP contribution in [0.5, 0.6) is 0 Å². The molecule has 0 aromatic carbocycles. The molecule has 15 heavy (non-hydrogen) atoms. The number of oxazole rings is 1. The highest BCUT2D eigenvalue weighted by Gasteiger charge is 2.15. The number of hydrogen-bond acceptors (Lipinski definition) is 4. The summed E-state index contributed by atoms with van der Waals surface area (Å²) in [7, 11) is 0. The van der Waals surface area contributed by atoms with Crippen molar-refractivity contribution < 1.29 is 13.6 Å². The third kappa shape index (κ3) is 2.10. The van der Waals surface area contributed by atoms with E-state index >= 15 is 0 Å². The van der Waals surface area contributed by atoms with E-state index in [1.165, 1.54) is 12.5 Å². The Bertz CT molecular complexity index is 489. The van der Waals surface area contributed by atoms with E-state index in [0.29, 0.717) is 10.2 Å². The van der Waals surface area contributed by atoms with Crippen molar-refractivity contribution in [1.82, 2.24) is 4.98 Å². The summed E-state index contributed by atoms with van der Waals surface area (Å²) in [5.41, 5.74) is 0.698. The Balaban J connectivity index is 2.14. The van der Waals surface area contributed by atoms with Gasteiger partial charge in [-0.3, -0.25) is 10.1 Å². The van der Waals surface area contributed by atoms with Gasteiger partial charge in [0, 0.05) is 0 Å². The molecule has 0 atom stereocenters. The zero-order valence-corrected chi connectivity index (χ0v) is 9.37. The van der Waals surface area contributed by atoms with Gasteiger partial charge >= 0.3 is 6.01 Å². The molecule has 1 amide bonds. The Morgan fingerprint density at radius 2 is 2.33 bits per heavy atom. The Morgan fingerprint density at radius 1 is 1.53 bits per heavy atom. The Hall–Kier alpha value is -1.56. The van der Waals surface area contributed by atoms with Crippen LogP contribution in [0.25, 0.3) is 0 Å². The summed E-state index contributed by atoms with van der Waals surface area (Å²) in [6.07, 6.45) is 2.87. The number of furan rings is 1. The molecule has 2 aromatic rings. The summed E-state index contributed by atoms with van der Waals surface area (Å²) in [6, 6.07) is 1.79. The predicted molar refractivity (Wildman–Crippen MR) is 55.6 cm³/mol. The van der Waals surface area contributed by atoms with Crippen LogP contribution >= 0.6 is 15.9 Å². The average molecular weight is 271 g/mol. The third-order valence-electron chi connectivity index (χ3n) is 1.66. The first-order chi connectivity index (χ1) is 7.16. The number of carbonyl (C=O) groups is 1. The lowest BCUT2D eigenvalue weighted by molar-refractivity contribution is 0.0993. The molecule has 2 heterocycles. The third-order valence-corrected chi connectivity index (χ3v) is 2.29.